The zero-order chi connectivity index (χ0) is 15.2. The van der Waals surface area contributed by atoms with Gasteiger partial charge in [-0.25, -0.2) is 4.79 Å². The van der Waals surface area contributed by atoms with Crippen LogP contribution in [0.4, 0.5) is 4.79 Å². The summed E-state index contributed by atoms with van der Waals surface area (Å²) in [6.45, 7) is 5.13. The van der Waals surface area contributed by atoms with Crippen LogP contribution in [0.2, 0.25) is 0 Å². The Labute approximate surface area is 119 Å². The second kappa shape index (κ2) is 6.40. The molecule has 0 aromatic heterocycles. The topological polar surface area (TPSA) is 82.3 Å². The summed E-state index contributed by atoms with van der Waals surface area (Å²) in [5, 5.41) is 21.3. The predicted molar refractivity (Wildman–Crippen MR) is 74.7 cm³/mol. The Bertz CT molecular complexity index is 488. The van der Waals surface area contributed by atoms with E-state index in [2.05, 4.69) is 5.32 Å². The molecule has 1 aromatic rings. The summed E-state index contributed by atoms with van der Waals surface area (Å²) in [5.41, 5.74) is -1.63. The first-order valence-corrected chi connectivity index (χ1v) is 6.43. The van der Waals surface area contributed by atoms with E-state index in [0.29, 0.717) is 6.42 Å². The van der Waals surface area contributed by atoms with Gasteiger partial charge < -0.3 is 9.84 Å². The molecule has 1 amide bonds. The van der Waals surface area contributed by atoms with Crippen LogP contribution in [0.15, 0.2) is 30.3 Å². The second-order valence-corrected chi connectivity index (χ2v) is 5.58. The van der Waals surface area contributed by atoms with Crippen molar-refractivity contribution < 1.29 is 14.6 Å². The van der Waals surface area contributed by atoms with Crippen molar-refractivity contribution in [1.29, 1.82) is 5.26 Å². The lowest BCUT2D eigenvalue weighted by molar-refractivity contribution is 0.0125. The van der Waals surface area contributed by atoms with Crippen molar-refractivity contribution in [3.05, 3.63) is 35.9 Å². The smallest absolute Gasteiger partial charge is 0.410 e. The average molecular weight is 276 g/mol. The van der Waals surface area contributed by atoms with Gasteiger partial charge in [0.1, 0.15) is 11.7 Å². The molecule has 0 unspecified atom stereocenters. The van der Waals surface area contributed by atoms with E-state index < -0.39 is 17.4 Å². The summed E-state index contributed by atoms with van der Waals surface area (Å²) in [6.07, 6.45) is -0.248. The fourth-order valence-corrected chi connectivity index (χ4v) is 1.59. The van der Waals surface area contributed by atoms with Crippen LogP contribution in [0.3, 0.4) is 0 Å². The molecule has 0 fully saturated rings. The first-order chi connectivity index (χ1) is 9.24. The Morgan fingerprint density at radius 3 is 2.45 bits per heavy atom. The Morgan fingerprint density at radius 1 is 1.35 bits per heavy atom. The van der Waals surface area contributed by atoms with Gasteiger partial charge in [0.2, 0.25) is 5.72 Å². The maximum absolute atomic E-state index is 11.6. The minimum Gasteiger partial charge on any atom is -0.444 e. The molecular weight excluding hydrogens is 256 g/mol. The summed E-state index contributed by atoms with van der Waals surface area (Å²) in [7, 11) is 0. The van der Waals surface area contributed by atoms with Gasteiger partial charge in [-0.3, -0.25) is 5.32 Å². The van der Waals surface area contributed by atoms with Crippen molar-refractivity contribution in [3.8, 4) is 6.07 Å². The molecule has 1 rings (SSSR count). The van der Waals surface area contributed by atoms with Crippen LogP contribution < -0.4 is 5.32 Å². The number of hydrogen-bond donors (Lipinski definition) is 2. The monoisotopic (exact) mass is 276 g/mol. The number of ether oxygens (including phenoxy) is 1. The number of nitrogens with zero attached hydrogens (tertiary/aromatic N) is 1. The van der Waals surface area contributed by atoms with Gasteiger partial charge in [-0.1, -0.05) is 30.3 Å². The standard InChI is InChI=1S/C15H20N2O3/c1-14(2,3)20-13(18)17-15(19,11-16)10-9-12-7-5-4-6-8-12/h4-8,19H,9-10H2,1-3H3,(H,17,18)/t15-/m0/s1. The SMILES string of the molecule is CC(C)(C)OC(=O)N[C@@](O)(C#N)CCc1ccccc1. The molecular formula is C15H20N2O3. The van der Waals surface area contributed by atoms with Crippen LogP contribution in [0, 0.1) is 11.3 Å². The molecule has 2 N–H and O–H groups in total. The highest BCUT2D eigenvalue weighted by Gasteiger charge is 2.30. The number of nitrogens with one attached hydrogen (secondary N) is 1. The molecule has 108 valence electrons. The van der Waals surface area contributed by atoms with Crippen molar-refractivity contribution in [3.63, 3.8) is 0 Å². The van der Waals surface area contributed by atoms with Crippen molar-refractivity contribution >= 4 is 6.09 Å². The number of aliphatic hydroxyl groups is 1. The Balaban J connectivity index is 2.59. The van der Waals surface area contributed by atoms with Gasteiger partial charge in [-0.2, -0.15) is 5.26 Å². The van der Waals surface area contributed by atoms with Crippen LogP contribution in [-0.4, -0.2) is 22.5 Å². The van der Waals surface area contributed by atoms with E-state index in [-0.39, 0.29) is 6.42 Å². The Morgan fingerprint density at radius 2 is 1.95 bits per heavy atom. The molecule has 1 atom stereocenters. The van der Waals surface area contributed by atoms with Crippen molar-refractivity contribution in [1.82, 2.24) is 5.32 Å². The summed E-state index contributed by atoms with van der Waals surface area (Å²) < 4.78 is 5.03. The van der Waals surface area contributed by atoms with Gasteiger partial charge in [-0.15, -0.1) is 0 Å². The molecule has 0 heterocycles. The van der Waals surface area contributed by atoms with Crippen LogP contribution in [0.25, 0.3) is 0 Å². The first-order valence-electron chi connectivity index (χ1n) is 6.43. The van der Waals surface area contributed by atoms with Crippen LogP contribution in [0.1, 0.15) is 32.8 Å². The summed E-state index contributed by atoms with van der Waals surface area (Å²) in [5.74, 6) is 0. The lowest BCUT2D eigenvalue weighted by Gasteiger charge is -2.25. The van der Waals surface area contributed by atoms with E-state index in [1.807, 2.05) is 30.3 Å². The maximum Gasteiger partial charge on any atom is 0.410 e. The fourth-order valence-electron chi connectivity index (χ4n) is 1.59. The molecule has 1 aromatic carbocycles. The molecule has 0 bridgehead atoms. The van der Waals surface area contributed by atoms with Crippen LogP contribution in [0.5, 0.6) is 0 Å². The lowest BCUT2D eigenvalue weighted by Crippen LogP contribution is -2.49. The molecule has 20 heavy (non-hydrogen) atoms. The van der Waals surface area contributed by atoms with Crippen LogP contribution in [-0.2, 0) is 11.2 Å². The number of carbonyl (C=O) groups excluding carboxylic acids is 1. The van der Waals surface area contributed by atoms with Crippen molar-refractivity contribution in [2.24, 2.45) is 0 Å². The maximum atomic E-state index is 11.6. The second-order valence-electron chi connectivity index (χ2n) is 5.58. The number of amides is 1. The Kier molecular flexibility index (Phi) is 5.12. The molecule has 5 nitrogen and oxygen atoms in total. The van der Waals surface area contributed by atoms with Gasteiger partial charge in [0, 0.05) is 6.42 Å². The largest absolute Gasteiger partial charge is 0.444 e. The van der Waals surface area contributed by atoms with E-state index in [1.54, 1.807) is 26.8 Å². The molecule has 0 aliphatic rings. The minimum absolute atomic E-state index is 0.0900. The molecule has 0 saturated heterocycles. The number of aryl methyl sites for hydroxylation is 1. The summed E-state index contributed by atoms with van der Waals surface area (Å²) >= 11 is 0. The van der Waals surface area contributed by atoms with E-state index in [4.69, 9.17) is 10.00 Å². The average Bonchev–Trinajstić information content (AvgIpc) is 2.35. The zero-order valence-electron chi connectivity index (χ0n) is 12.0. The number of nitriles is 1. The highest BCUT2D eigenvalue weighted by atomic mass is 16.6. The van der Waals surface area contributed by atoms with Gasteiger partial charge in [-0.05, 0) is 32.8 Å². The van der Waals surface area contributed by atoms with Gasteiger partial charge in [0.25, 0.3) is 0 Å². The van der Waals surface area contributed by atoms with E-state index >= 15 is 0 Å². The number of hydrogen-bond acceptors (Lipinski definition) is 4. The Hall–Kier alpha value is -2.06. The molecule has 5 heteroatoms. The number of carbonyl (C=O) groups is 1. The van der Waals surface area contributed by atoms with Gasteiger partial charge >= 0.3 is 6.09 Å². The molecule has 0 aliphatic carbocycles. The molecule has 0 radical (unpaired) electrons. The highest BCUT2D eigenvalue weighted by Crippen LogP contribution is 2.13. The fraction of sp³-hybridized carbons (Fsp3) is 0.467. The first kappa shape index (κ1) is 16.0. The number of alkyl carbamates (subject to hydrolysis) is 1. The van der Waals surface area contributed by atoms with E-state index in [9.17, 15) is 9.90 Å². The zero-order valence-corrected chi connectivity index (χ0v) is 12.0. The number of rotatable bonds is 4. The third-order valence-electron chi connectivity index (χ3n) is 2.51. The molecule has 0 spiro atoms. The van der Waals surface area contributed by atoms with Crippen molar-refractivity contribution in [2.45, 2.75) is 44.9 Å². The lowest BCUT2D eigenvalue weighted by atomic mass is 10.0. The minimum atomic E-state index is -1.93. The number of benzene rings is 1. The normalized spacial score (nSPS) is 13.9. The van der Waals surface area contributed by atoms with Crippen LogP contribution >= 0.6 is 0 Å². The third-order valence-corrected chi connectivity index (χ3v) is 2.51. The van der Waals surface area contributed by atoms with E-state index in [0.717, 1.165) is 5.56 Å². The summed E-state index contributed by atoms with van der Waals surface area (Å²) in [6, 6.07) is 11.1. The van der Waals surface area contributed by atoms with E-state index in [1.165, 1.54) is 0 Å². The predicted octanol–water partition coefficient (Wildman–Crippen LogP) is 2.36. The van der Waals surface area contributed by atoms with Crippen molar-refractivity contribution in [2.75, 3.05) is 0 Å². The quantitative estimate of drug-likeness (QED) is 0.653. The molecule has 0 saturated carbocycles. The van der Waals surface area contributed by atoms with Gasteiger partial charge in [0.15, 0.2) is 0 Å². The summed E-state index contributed by atoms with van der Waals surface area (Å²) in [4.78, 5) is 11.6. The molecule has 0 aliphatic heterocycles. The van der Waals surface area contributed by atoms with Gasteiger partial charge in [0.05, 0.1) is 0 Å². The highest BCUT2D eigenvalue weighted by molar-refractivity contribution is 5.69. The third kappa shape index (κ3) is 5.72.